The molecule has 0 atom stereocenters. The first-order chi connectivity index (χ1) is 9.78. The zero-order chi connectivity index (χ0) is 14.2. The second-order valence-electron chi connectivity index (χ2n) is 4.53. The summed E-state index contributed by atoms with van der Waals surface area (Å²) in [6.07, 6.45) is 5.19. The van der Waals surface area contributed by atoms with Gasteiger partial charge in [0.1, 0.15) is 11.6 Å². The summed E-state index contributed by atoms with van der Waals surface area (Å²) in [5.74, 6) is 1.04. The molecule has 2 rings (SSSR count). The number of nitrogens with zero attached hydrogens (tertiary/aromatic N) is 2. The van der Waals surface area contributed by atoms with Crippen LogP contribution in [0.5, 0.6) is 0 Å². The minimum Gasteiger partial charge on any atom is -0.354 e. The molecule has 0 aliphatic heterocycles. The summed E-state index contributed by atoms with van der Waals surface area (Å²) in [6.45, 7) is 3.04. The number of hydrogen-bond donors (Lipinski definition) is 2. The highest BCUT2D eigenvalue weighted by molar-refractivity contribution is 5.56. The fourth-order valence-electron chi connectivity index (χ4n) is 1.77. The van der Waals surface area contributed by atoms with Gasteiger partial charge < -0.3 is 10.6 Å². The molecule has 0 bridgehead atoms. The number of aromatic nitrogens is 2. The van der Waals surface area contributed by atoms with E-state index in [0.29, 0.717) is 11.8 Å². The number of halogens is 1. The summed E-state index contributed by atoms with van der Waals surface area (Å²) in [5.41, 5.74) is 0.794. The van der Waals surface area contributed by atoms with Gasteiger partial charge in [-0.25, -0.2) is 9.37 Å². The zero-order valence-corrected chi connectivity index (χ0v) is 11.6. The molecule has 0 amide bonds. The molecular formula is C15H19FN4. The lowest BCUT2D eigenvalue weighted by Gasteiger charge is -2.08. The first-order valence-corrected chi connectivity index (χ1v) is 6.87. The summed E-state index contributed by atoms with van der Waals surface area (Å²) >= 11 is 0. The molecule has 1 aromatic carbocycles. The third-order valence-corrected chi connectivity index (χ3v) is 2.84. The molecule has 0 aliphatic rings. The van der Waals surface area contributed by atoms with Crippen LogP contribution in [-0.2, 0) is 0 Å². The van der Waals surface area contributed by atoms with Gasteiger partial charge in [-0.05, 0) is 36.8 Å². The lowest BCUT2D eigenvalue weighted by atomic mass is 10.2. The van der Waals surface area contributed by atoms with Crippen molar-refractivity contribution in [1.29, 1.82) is 0 Å². The van der Waals surface area contributed by atoms with Crippen LogP contribution in [0, 0.1) is 5.82 Å². The molecule has 1 heterocycles. The molecule has 0 radical (unpaired) electrons. The SMILES string of the molecule is CCCCCNc1nccc(Nc2ccc(F)cc2)n1. The molecule has 0 unspecified atom stereocenters. The van der Waals surface area contributed by atoms with E-state index in [1.54, 1.807) is 24.4 Å². The zero-order valence-electron chi connectivity index (χ0n) is 11.6. The Morgan fingerprint density at radius 2 is 1.90 bits per heavy atom. The maximum absolute atomic E-state index is 12.8. The van der Waals surface area contributed by atoms with Crippen LogP contribution in [0.4, 0.5) is 21.8 Å². The highest BCUT2D eigenvalue weighted by atomic mass is 19.1. The van der Waals surface area contributed by atoms with Gasteiger partial charge in [-0.3, -0.25) is 0 Å². The Kier molecular flexibility index (Phi) is 5.29. The van der Waals surface area contributed by atoms with Crippen LogP contribution in [0.1, 0.15) is 26.2 Å². The van der Waals surface area contributed by atoms with Gasteiger partial charge in [-0.1, -0.05) is 19.8 Å². The smallest absolute Gasteiger partial charge is 0.224 e. The summed E-state index contributed by atoms with van der Waals surface area (Å²) in [5, 5.41) is 6.31. The molecule has 0 aliphatic carbocycles. The maximum Gasteiger partial charge on any atom is 0.224 e. The number of unbranched alkanes of at least 4 members (excludes halogenated alkanes) is 2. The fourth-order valence-corrected chi connectivity index (χ4v) is 1.77. The van der Waals surface area contributed by atoms with E-state index in [1.165, 1.54) is 25.0 Å². The minimum absolute atomic E-state index is 0.253. The number of hydrogen-bond acceptors (Lipinski definition) is 4. The second-order valence-corrected chi connectivity index (χ2v) is 4.53. The predicted molar refractivity (Wildman–Crippen MR) is 79.7 cm³/mol. The number of benzene rings is 1. The van der Waals surface area contributed by atoms with Gasteiger partial charge >= 0.3 is 0 Å². The molecule has 0 spiro atoms. The molecular weight excluding hydrogens is 255 g/mol. The van der Waals surface area contributed by atoms with Crippen molar-refractivity contribution in [3.8, 4) is 0 Å². The van der Waals surface area contributed by atoms with Crippen molar-refractivity contribution in [2.24, 2.45) is 0 Å². The molecule has 1 aromatic heterocycles. The molecule has 0 saturated carbocycles. The van der Waals surface area contributed by atoms with E-state index in [1.807, 2.05) is 0 Å². The summed E-state index contributed by atoms with van der Waals surface area (Å²) in [7, 11) is 0. The van der Waals surface area contributed by atoms with Gasteiger partial charge in [0.25, 0.3) is 0 Å². The van der Waals surface area contributed by atoms with Crippen LogP contribution in [0.3, 0.4) is 0 Å². The highest BCUT2D eigenvalue weighted by Gasteiger charge is 2.00. The summed E-state index contributed by atoms with van der Waals surface area (Å²) in [6, 6.07) is 7.94. The minimum atomic E-state index is -0.253. The van der Waals surface area contributed by atoms with Crippen LogP contribution in [-0.4, -0.2) is 16.5 Å². The molecule has 5 heteroatoms. The molecule has 2 aromatic rings. The molecule has 106 valence electrons. The van der Waals surface area contributed by atoms with Crippen LogP contribution < -0.4 is 10.6 Å². The normalized spacial score (nSPS) is 10.3. The van der Waals surface area contributed by atoms with Gasteiger partial charge in [0.05, 0.1) is 0 Å². The molecule has 0 fully saturated rings. The van der Waals surface area contributed by atoms with E-state index in [0.717, 1.165) is 18.7 Å². The Morgan fingerprint density at radius 3 is 2.65 bits per heavy atom. The maximum atomic E-state index is 12.8. The lowest BCUT2D eigenvalue weighted by Crippen LogP contribution is -2.06. The van der Waals surface area contributed by atoms with Gasteiger partial charge in [0, 0.05) is 18.4 Å². The number of nitrogens with one attached hydrogen (secondary N) is 2. The van der Waals surface area contributed by atoms with Crippen molar-refractivity contribution < 1.29 is 4.39 Å². The Bertz CT molecular complexity index is 528. The number of anilines is 3. The van der Waals surface area contributed by atoms with Crippen molar-refractivity contribution in [1.82, 2.24) is 9.97 Å². The largest absolute Gasteiger partial charge is 0.354 e. The molecule has 4 nitrogen and oxygen atoms in total. The van der Waals surface area contributed by atoms with E-state index in [-0.39, 0.29) is 5.82 Å². The Hall–Kier alpha value is -2.17. The number of rotatable bonds is 7. The van der Waals surface area contributed by atoms with E-state index >= 15 is 0 Å². The lowest BCUT2D eigenvalue weighted by molar-refractivity contribution is 0.628. The summed E-state index contributed by atoms with van der Waals surface area (Å²) < 4.78 is 12.8. The van der Waals surface area contributed by atoms with E-state index in [9.17, 15) is 4.39 Å². The third kappa shape index (κ3) is 4.50. The third-order valence-electron chi connectivity index (χ3n) is 2.84. The van der Waals surface area contributed by atoms with Crippen LogP contribution >= 0.6 is 0 Å². The second kappa shape index (κ2) is 7.43. The van der Waals surface area contributed by atoms with Crippen LogP contribution in [0.2, 0.25) is 0 Å². The predicted octanol–water partition coefficient (Wildman–Crippen LogP) is 3.96. The Balaban J connectivity index is 1.93. The standard InChI is InChI=1S/C15H19FN4/c1-2-3-4-10-17-15-18-11-9-14(20-15)19-13-7-5-12(16)6-8-13/h5-9,11H,2-4,10H2,1H3,(H2,17,18,19,20). The van der Waals surface area contributed by atoms with Crippen molar-refractivity contribution >= 4 is 17.5 Å². The summed E-state index contributed by atoms with van der Waals surface area (Å²) in [4.78, 5) is 8.53. The fraction of sp³-hybridized carbons (Fsp3) is 0.333. The highest BCUT2D eigenvalue weighted by Crippen LogP contribution is 2.15. The average molecular weight is 274 g/mol. The van der Waals surface area contributed by atoms with Crippen LogP contribution in [0.15, 0.2) is 36.5 Å². The van der Waals surface area contributed by atoms with Crippen molar-refractivity contribution in [3.63, 3.8) is 0 Å². The average Bonchev–Trinajstić information content (AvgIpc) is 2.47. The quantitative estimate of drug-likeness (QED) is 0.750. The molecule has 20 heavy (non-hydrogen) atoms. The van der Waals surface area contributed by atoms with Gasteiger partial charge in [0.15, 0.2) is 0 Å². The van der Waals surface area contributed by atoms with Gasteiger partial charge in [0.2, 0.25) is 5.95 Å². The monoisotopic (exact) mass is 274 g/mol. The van der Waals surface area contributed by atoms with Crippen LogP contribution in [0.25, 0.3) is 0 Å². The van der Waals surface area contributed by atoms with Gasteiger partial charge in [-0.15, -0.1) is 0 Å². The van der Waals surface area contributed by atoms with E-state index in [2.05, 4.69) is 27.5 Å². The first-order valence-electron chi connectivity index (χ1n) is 6.87. The molecule has 0 saturated heterocycles. The van der Waals surface area contributed by atoms with E-state index < -0.39 is 0 Å². The first kappa shape index (κ1) is 14.2. The topological polar surface area (TPSA) is 49.8 Å². The van der Waals surface area contributed by atoms with Gasteiger partial charge in [-0.2, -0.15) is 4.98 Å². The van der Waals surface area contributed by atoms with Crippen molar-refractivity contribution in [2.75, 3.05) is 17.2 Å². The Morgan fingerprint density at radius 1 is 1.10 bits per heavy atom. The van der Waals surface area contributed by atoms with Crippen molar-refractivity contribution in [2.45, 2.75) is 26.2 Å². The van der Waals surface area contributed by atoms with E-state index in [4.69, 9.17) is 0 Å². The van der Waals surface area contributed by atoms with Crippen molar-refractivity contribution in [3.05, 3.63) is 42.3 Å². The Labute approximate surface area is 118 Å². The molecule has 2 N–H and O–H groups in total.